The van der Waals surface area contributed by atoms with E-state index in [9.17, 15) is 8.78 Å². The Labute approximate surface area is 172 Å². The van der Waals surface area contributed by atoms with Gasteiger partial charge in [-0.3, -0.25) is 4.98 Å². The van der Waals surface area contributed by atoms with E-state index in [1.807, 2.05) is 10.6 Å². The number of benzene rings is 1. The highest BCUT2D eigenvalue weighted by Gasteiger charge is 2.16. The van der Waals surface area contributed by atoms with Gasteiger partial charge in [-0.2, -0.15) is 0 Å². The number of alkyl halides is 1. The second-order valence-electron chi connectivity index (χ2n) is 5.96. The number of rotatable bonds is 5. The maximum absolute atomic E-state index is 13.8. The maximum atomic E-state index is 13.8. The molecule has 0 saturated heterocycles. The Kier molecular flexibility index (Phi) is 5.09. The molecule has 0 N–H and O–H groups in total. The van der Waals surface area contributed by atoms with Gasteiger partial charge in [0, 0.05) is 24.0 Å². The van der Waals surface area contributed by atoms with Crippen LogP contribution in [0, 0.1) is 9.52 Å². The lowest BCUT2D eigenvalue weighted by Crippen LogP contribution is -2.04. The van der Waals surface area contributed by atoms with Gasteiger partial charge in [0.2, 0.25) is 0 Å². The van der Waals surface area contributed by atoms with Crippen LogP contribution in [0.2, 0.25) is 5.02 Å². The van der Waals surface area contributed by atoms with Crippen molar-refractivity contribution in [3.63, 3.8) is 0 Å². The quantitative estimate of drug-likeness (QED) is 0.374. The Morgan fingerprint density at radius 3 is 2.70 bits per heavy atom. The minimum absolute atomic E-state index is 0.0179. The Morgan fingerprint density at radius 1 is 1.11 bits per heavy atom. The van der Waals surface area contributed by atoms with Crippen molar-refractivity contribution >= 4 is 45.2 Å². The summed E-state index contributed by atoms with van der Waals surface area (Å²) in [5, 5.41) is -0.0179. The van der Waals surface area contributed by atoms with Crippen molar-refractivity contribution in [1.29, 1.82) is 0 Å². The maximum Gasteiger partial charge on any atom is 0.144 e. The summed E-state index contributed by atoms with van der Waals surface area (Å²) in [7, 11) is 0. The van der Waals surface area contributed by atoms with Crippen molar-refractivity contribution in [2.75, 3.05) is 6.67 Å². The van der Waals surface area contributed by atoms with Gasteiger partial charge < -0.3 is 9.13 Å². The van der Waals surface area contributed by atoms with Crippen LogP contribution in [0.3, 0.4) is 0 Å². The molecule has 0 unspecified atom stereocenters. The van der Waals surface area contributed by atoms with E-state index < -0.39 is 12.5 Å². The van der Waals surface area contributed by atoms with Crippen LogP contribution in [0.5, 0.6) is 0 Å². The second kappa shape index (κ2) is 7.51. The van der Waals surface area contributed by atoms with E-state index in [-0.39, 0.29) is 11.6 Å². The highest BCUT2D eigenvalue weighted by atomic mass is 127. The molecule has 0 spiro atoms. The van der Waals surface area contributed by atoms with Crippen LogP contribution in [0.25, 0.3) is 22.4 Å². The number of imidazole rings is 2. The van der Waals surface area contributed by atoms with Gasteiger partial charge in [-0.1, -0.05) is 11.6 Å². The van der Waals surface area contributed by atoms with Gasteiger partial charge >= 0.3 is 0 Å². The summed E-state index contributed by atoms with van der Waals surface area (Å²) in [5.41, 5.74) is 2.69. The summed E-state index contributed by atoms with van der Waals surface area (Å²) >= 11 is 8.11. The van der Waals surface area contributed by atoms with Gasteiger partial charge in [0.1, 0.15) is 18.3 Å². The molecule has 0 radical (unpaired) electrons. The molecule has 3 aromatic heterocycles. The van der Waals surface area contributed by atoms with Gasteiger partial charge in [0.05, 0.1) is 45.4 Å². The molecule has 3 heterocycles. The number of hydrogen-bond acceptors (Lipinski definition) is 3. The van der Waals surface area contributed by atoms with Gasteiger partial charge in [0.15, 0.2) is 0 Å². The van der Waals surface area contributed by atoms with E-state index in [0.717, 1.165) is 14.8 Å². The normalized spacial score (nSPS) is 11.4. The van der Waals surface area contributed by atoms with Crippen LogP contribution < -0.4 is 0 Å². The molecule has 5 nitrogen and oxygen atoms in total. The molecule has 0 aliphatic carbocycles. The van der Waals surface area contributed by atoms with Crippen LogP contribution in [-0.4, -0.2) is 30.8 Å². The molecule has 138 valence electrons. The van der Waals surface area contributed by atoms with Crippen molar-refractivity contribution < 1.29 is 8.78 Å². The minimum atomic E-state index is -0.576. The predicted molar refractivity (Wildman–Crippen MR) is 108 cm³/mol. The largest absolute Gasteiger partial charge is 0.322 e. The van der Waals surface area contributed by atoms with Crippen molar-refractivity contribution in [3.8, 4) is 11.4 Å². The molecule has 0 bridgehead atoms. The molecule has 4 aromatic rings. The first-order valence-electron chi connectivity index (χ1n) is 8.08. The number of aromatic nitrogens is 5. The van der Waals surface area contributed by atoms with Crippen LogP contribution in [-0.2, 0) is 13.1 Å². The number of nitrogens with zero attached hydrogens (tertiary/aromatic N) is 5. The SMILES string of the molecule is FCCn1c(-c2cncc(Cn3cncc3I)c2)nc2cc(F)c(Cl)cc21. The topological polar surface area (TPSA) is 48.5 Å². The van der Waals surface area contributed by atoms with Crippen LogP contribution in [0.1, 0.15) is 5.56 Å². The van der Waals surface area contributed by atoms with Crippen molar-refractivity contribution in [3.05, 3.63) is 63.2 Å². The van der Waals surface area contributed by atoms with Crippen molar-refractivity contribution in [2.45, 2.75) is 13.1 Å². The van der Waals surface area contributed by atoms with Crippen molar-refractivity contribution in [1.82, 2.24) is 24.1 Å². The number of aryl methyl sites for hydroxylation is 1. The highest BCUT2D eigenvalue weighted by molar-refractivity contribution is 14.1. The Bertz CT molecular complexity index is 1120. The van der Waals surface area contributed by atoms with Gasteiger partial charge in [0.25, 0.3) is 0 Å². The number of fused-ring (bicyclic) bond motifs is 1. The van der Waals surface area contributed by atoms with E-state index in [1.54, 1.807) is 29.5 Å². The Morgan fingerprint density at radius 2 is 1.96 bits per heavy atom. The summed E-state index contributed by atoms with van der Waals surface area (Å²) < 4.78 is 31.7. The first kappa shape index (κ1) is 18.3. The fraction of sp³-hybridized carbons (Fsp3) is 0.167. The average molecular weight is 500 g/mol. The molecule has 0 aliphatic rings. The summed E-state index contributed by atoms with van der Waals surface area (Å²) in [6.07, 6.45) is 6.95. The van der Waals surface area contributed by atoms with Crippen LogP contribution in [0.15, 0.2) is 43.1 Å². The monoisotopic (exact) mass is 499 g/mol. The second-order valence-corrected chi connectivity index (χ2v) is 7.47. The average Bonchev–Trinajstić information content (AvgIpc) is 3.20. The Balaban J connectivity index is 1.80. The zero-order valence-electron chi connectivity index (χ0n) is 13.9. The first-order chi connectivity index (χ1) is 13.1. The molecule has 0 aliphatic heterocycles. The summed E-state index contributed by atoms with van der Waals surface area (Å²) in [6.45, 7) is 0.119. The fourth-order valence-corrected chi connectivity index (χ4v) is 3.58. The van der Waals surface area contributed by atoms with Crippen LogP contribution >= 0.6 is 34.2 Å². The molecule has 4 rings (SSSR count). The number of halogens is 4. The summed E-state index contributed by atoms with van der Waals surface area (Å²) in [6, 6.07) is 4.68. The molecule has 0 amide bonds. The van der Waals surface area contributed by atoms with Crippen LogP contribution in [0.4, 0.5) is 8.78 Å². The molecular formula is C18H13ClF2IN5. The van der Waals surface area contributed by atoms with E-state index in [1.165, 1.54) is 12.1 Å². The molecule has 0 atom stereocenters. The summed E-state index contributed by atoms with van der Waals surface area (Å²) in [4.78, 5) is 12.9. The zero-order valence-corrected chi connectivity index (χ0v) is 16.8. The molecule has 9 heteroatoms. The third-order valence-corrected chi connectivity index (χ3v) is 5.35. The third kappa shape index (κ3) is 3.55. The number of pyridine rings is 1. The molecule has 0 fully saturated rings. The lowest BCUT2D eigenvalue weighted by Gasteiger charge is -2.09. The van der Waals surface area contributed by atoms with Gasteiger partial charge in [-0.05, 0) is 40.3 Å². The van der Waals surface area contributed by atoms with Gasteiger partial charge in [-0.15, -0.1) is 0 Å². The fourth-order valence-electron chi connectivity index (χ4n) is 2.97. The smallest absolute Gasteiger partial charge is 0.144 e. The van der Waals surface area contributed by atoms with E-state index in [4.69, 9.17) is 11.6 Å². The Hall–Kier alpha value is -2.07. The lowest BCUT2D eigenvalue weighted by atomic mass is 10.2. The van der Waals surface area contributed by atoms with Crippen molar-refractivity contribution in [2.24, 2.45) is 0 Å². The molecule has 27 heavy (non-hydrogen) atoms. The first-order valence-corrected chi connectivity index (χ1v) is 9.53. The van der Waals surface area contributed by atoms with E-state index in [2.05, 4.69) is 37.5 Å². The molecule has 1 aromatic carbocycles. The lowest BCUT2D eigenvalue weighted by molar-refractivity contribution is 0.451. The third-order valence-electron chi connectivity index (χ3n) is 4.17. The predicted octanol–water partition coefficient (Wildman–Crippen LogP) is 4.71. The number of hydrogen-bond donors (Lipinski definition) is 0. The summed E-state index contributed by atoms with van der Waals surface area (Å²) in [5.74, 6) is -0.0267. The highest BCUT2D eigenvalue weighted by Crippen LogP contribution is 2.29. The van der Waals surface area contributed by atoms with E-state index in [0.29, 0.717) is 23.4 Å². The molecular weight excluding hydrogens is 487 g/mol. The molecule has 0 saturated carbocycles. The van der Waals surface area contributed by atoms with E-state index >= 15 is 0 Å². The standard InChI is InChI=1S/C18H13ClF2IN5/c19-13-4-16-15(5-14(13)21)25-18(27(16)2-1-20)12-3-11(6-23-7-12)9-26-10-24-8-17(26)22/h3-8,10H,1-2,9H2. The minimum Gasteiger partial charge on any atom is -0.322 e. The zero-order chi connectivity index (χ0) is 19.0. The van der Waals surface area contributed by atoms with Gasteiger partial charge in [-0.25, -0.2) is 18.7 Å².